The van der Waals surface area contributed by atoms with Gasteiger partial charge in [0.25, 0.3) is 0 Å². The lowest BCUT2D eigenvalue weighted by Gasteiger charge is -1.99. The number of hydrogen-bond donors (Lipinski definition) is 2. The lowest BCUT2D eigenvalue weighted by Crippen LogP contribution is -2.03. The van der Waals surface area contributed by atoms with Gasteiger partial charge in [-0.25, -0.2) is 9.78 Å². The van der Waals surface area contributed by atoms with Crippen molar-refractivity contribution in [3.8, 4) is 0 Å². The van der Waals surface area contributed by atoms with E-state index in [0.717, 1.165) is 0 Å². The maximum atomic E-state index is 11.5. The van der Waals surface area contributed by atoms with Crippen LogP contribution in [0, 0.1) is 0 Å². The molecular formula is C10H12N4O2. The van der Waals surface area contributed by atoms with Crippen molar-refractivity contribution >= 4 is 17.2 Å². The van der Waals surface area contributed by atoms with Crippen molar-refractivity contribution in [3.63, 3.8) is 0 Å². The quantitative estimate of drug-likeness (QED) is 0.703. The highest BCUT2D eigenvalue weighted by atomic mass is 16.5. The summed E-state index contributed by atoms with van der Waals surface area (Å²) in [6.45, 7) is 0.224. The first-order valence-electron chi connectivity index (χ1n) is 4.72. The van der Waals surface area contributed by atoms with Crippen molar-refractivity contribution in [1.29, 1.82) is 0 Å². The average molecular weight is 220 g/mol. The van der Waals surface area contributed by atoms with E-state index in [9.17, 15) is 4.79 Å². The van der Waals surface area contributed by atoms with Crippen LogP contribution < -0.4 is 11.5 Å². The number of pyridine rings is 1. The number of nitrogens with two attached hydrogens (primary N) is 2. The minimum absolute atomic E-state index is 0.224. The van der Waals surface area contributed by atoms with Crippen LogP contribution in [0.5, 0.6) is 0 Å². The molecule has 4 N–H and O–H groups in total. The topological polar surface area (TPSA) is 95.6 Å². The third-order valence-electron chi connectivity index (χ3n) is 2.29. The van der Waals surface area contributed by atoms with Gasteiger partial charge in [-0.05, 0) is 12.1 Å². The molecule has 2 aromatic rings. The molecule has 6 nitrogen and oxygen atoms in total. The number of carbonyl (C=O) groups is 1. The number of nitrogen functional groups attached to an aromatic ring is 1. The second kappa shape index (κ2) is 3.82. The molecule has 0 saturated carbocycles. The van der Waals surface area contributed by atoms with E-state index >= 15 is 0 Å². The summed E-state index contributed by atoms with van der Waals surface area (Å²) in [6, 6.07) is 3.41. The van der Waals surface area contributed by atoms with Crippen molar-refractivity contribution in [1.82, 2.24) is 9.38 Å². The standard InChI is InChI=1S/C10H12N4O2/c1-16-10(15)9-7-3-2-6(12)5-14(7)8(4-11)13-9/h2-3,5H,4,11-12H2,1H3. The Bertz CT molecular complexity index is 547. The zero-order valence-electron chi connectivity index (χ0n) is 8.80. The highest BCUT2D eigenvalue weighted by Gasteiger charge is 2.16. The van der Waals surface area contributed by atoms with E-state index in [1.807, 2.05) is 0 Å². The minimum Gasteiger partial charge on any atom is -0.464 e. The van der Waals surface area contributed by atoms with Gasteiger partial charge in [0.2, 0.25) is 0 Å². The molecule has 6 heteroatoms. The zero-order valence-corrected chi connectivity index (χ0v) is 8.80. The van der Waals surface area contributed by atoms with Crippen LogP contribution in [0.2, 0.25) is 0 Å². The average Bonchev–Trinajstić information content (AvgIpc) is 2.66. The van der Waals surface area contributed by atoms with Crippen molar-refractivity contribution in [2.75, 3.05) is 12.8 Å². The van der Waals surface area contributed by atoms with E-state index in [2.05, 4.69) is 9.72 Å². The van der Waals surface area contributed by atoms with Gasteiger partial charge in [0.15, 0.2) is 5.69 Å². The Balaban J connectivity index is 2.72. The van der Waals surface area contributed by atoms with Crippen LogP contribution in [-0.4, -0.2) is 22.5 Å². The number of fused-ring (bicyclic) bond motifs is 1. The first-order valence-corrected chi connectivity index (χ1v) is 4.72. The van der Waals surface area contributed by atoms with Gasteiger partial charge in [0, 0.05) is 11.9 Å². The Hall–Kier alpha value is -2.08. The van der Waals surface area contributed by atoms with Gasteiger partial charge in [-0.1, -0.05) is 0 Å². The van der Waals surface area contributed by atoms with Gasteiger partial charge >= 0.3 is 5.97 Å². The summed E-state index contributed by atoms with van der Waals surface area (Å²) in [5.41, 5.74) is 12.7. The Kier molecular flexibility index (Phi) is 2.49. The van der Waals surface area contributed by atoms with E-state index in [1.54, 1.807) is 22.7 Å². The summed E-state index contributed by atoms with van der Waals surface area (Å²) < 4.78 is 6.34. The number of nitrogens with zero attached hydrogens (tertiary/aromatic N) is 2. The summed E-state index contributed by atoms with van der Waals surface area (Å²) in [5.74, 6) is 0.0877. The Labute approximate surface area is 91.8 Å². The van der Waals surface area contributed by atoms with Crippen LogP contribution in [-0.2, 0) is 11.3 Å². The Morgan fingerprint density at radius 2 is 2.31 bits per heavy atom. The summed E-state index contributed by atoms with van der Waals surface area (Å²) >= 11 is 0. The van der Waals surface area contributed by atoms with E-state index in [0.29, 0.717) is 17.0 Å². The molecule has 0 saturated heterocycles. The number of hydrogen-bond acceptors (Lipinski definition) is 5. The fourth-order valence-electron chi connectivity index (χ4n) is 1.55. The second-order valence-electron chi connectivity index (χ2n) is 3.29. The zero-order chi connectivity index (χ0) is 11.7. The number of carbonyl (C=O) groups excluding carboxylic acids is 1. The molecule has 0 amide bonds. The number of rotatable bonds is 2. The molecule has 0 unspecified atom stereocenters. The van der Waals surface area contributed by atoms with Gasteiger partial charge in [-0.3, -0.25) is 4.40 Å². The number of esters is 1. The lowest BCUT2D eigenvalue weighted by molar-refractivity contribution is 0.0597. The number of imidazole rings is 1. The fourth-order valence-corrected chi connectivity index (χ4v) is 1.55. The van der Waals surface area contributed by atoms with Crippen molar-refractivity contribution in [3.05, 3.63) is 29.8 Å². The van der Waals surface area contributed by atoms with Crippen LogP contribution in [0.4, 0.5) is 5.69 Å². The minimum atomic E-state index is -0.484. The predicted molar refractivity (Wildman–Crippen MR) is 58.8 cm³/mol. The lowest BCUT2D eigenvalue weighted by atomic mass is 10.3. The molecule has 84 valence electrons. The van der Waals surface area contributed by atoms with Crippen LogP contribution >= 0.6 is 0 Å². The fraction of sp³-hybridized carbons (Fsp3) is 0.200. The van der Waals surface area contributed by atoms with Gasteiger partial charge < -0.3 is 16.2 Å². The first-order chi connectivity index (χ1) is 7.67. The smallest absolute Gasteiger partial charge is 0.358 e. The second-order valence-corrected chi connectivity index (χ2v) is 3.29. The largest absolute Gasteiger partial charge is 0.464 e. The Morgan fingerprint density at radius 3 is 2.94 bits per heavy atom. The third-order valence-corrected chi connectivity index (χ3v) is 2.29. The molecule has 2 rings (SSSR count). The molecule has 16 heavy (non-hydrogen) atoms. The number of methoxy groups -OCH3 is 1. The van der Waals surface area contributed by atoms with E-state index < -0.39 is 5.97 Å². The molecule has 0 fully saturated rings. The number of anilines is 1. The SMILES string of the molecule is COC(=O)c1nc(CN)n2cc(N)ccc12. The molecule has 0 aromatic carbocycles. The molecule has 2 heterocycles. The summed E-state index contributed by atoms with van der Waals surface area (Å²) in [6.07, 6.45) is 1.68. The molecular weight excluding hydrogens is 208 g/mol. The molecule has 0 spiro atoms. The van der Waals surface area contributed by atoms with E-state index in [-0.39, 0.29) is 12.2 Å². The van der Waals surface area contributed by atoms with Crippen molar-refractivity contribution in [2.45, 2.75) is 6.54 Å². The van der Waals surface area contributed by atoms with Crippen LogP contribution in [0.3, 0.4) is 0 Å². The van der Waals surface area contributed by atoms with Gasteiger partial charge in [-0.2, -0.15) is 0 Å². The first kappa shape index (κ1) is 10.4. The van der Waals surface area contributed by atoms with Crippen LogP contribution in [0.1, 0.15) is 16.3 Å². The van der Waals surface area contributed by atoms with E-state index in [1.165, 1.54) is 7.11 Å². The molecule has 0 aliphatic heterocycles. The molecule has 0 aliphatic rings. The van der Waals surface area contributed by atoms with E-state index in [4.69, 9.17) is 11.5 Å². The maximum Gasteiger partial charge on any atom is 0.358 e. The molecule has 0 atom stereocenters. The highest BCUT2D eigenvalue weighted by Crippen LogP contribution is 2.16. The van der Waals surface area contributed by atoms with Crippen molar-refractivity contribution < 1.29 is 9.53 Å². The number of ether oxygens (including phenoxy) is 1. The maximum absolute atomic E-state index is 11.5. The van der Waals surface area contributed by atoms with Crippen molar-refractivity contribution in [2.24, 2.45) is 5.73 Å². The monoisotopic (exact) mass is 220 g/mol. The molecule has 0 radical (unpaired) electrons. The summed E-state index contributed by atoms with van der Waals surface area (Å²) in [7, 11) is 1.31. The molecule has 2 aromatic heterocycles. The summed E-state index contributed by atoms with van der Waals surface area (Å²) in [4.78, 5) is 15.6. The van der Waals surface area contributed by atoms with Gasteiger partial charge in [0.1, 0.15) is 5.82 Å². The third kappa shape index (κ3) is 1.49. The normalized spacial score (nSPS) is 10.6. The Morgan fingerprint density at radius 1 is 1.56 bits per heavy atom. The van der Waals surface area contributed by atoms with Gasteiger partial charge in [0.05, 0.1) is 19.2 Å². The highest BCUT2D eigenvalue weighted by molar-refractivity contribution is 5.95. The van der Waals surface area contributed by atoms with Crippen LogP contribution in [0.25, 0.3) is 5.52 Å². The molecule has 0 aliphatic carbocycles. The predicted octanol–water partition coefficient (Wildman–Crippen LogP) is 0.162. The summed E-state index contributed by atoms with van der Waals surface area (Å²) in [5, 5.41) is 0. The van der Waals surface area contributed by atoms with Crippen LogP contribution in [0.15, 0.2) is 18.3 Å². The number of aromatic nitrogens is 2. The molecule has 0 bridgehead atoms. The van der Waals surface area contributed by atoms with Gasteiger partial charge in [-0.15, -0.1) is 0 Å².